The van der Waals surface area contributed by atoms with E-state index in [-0.39, 0.29) is 67.6 Å². The molecule has 0 amide bonds. The van der Waals surface area contributed by atoms with Gasteiger partial charge in [-0.3, -0.25) is 0 Å². The van der Waals surface area contributed by atoms with Crippen LogP contribution in [0.2, 0.25) is 0 Å². The Balaban J connectivity index is -0.000000902. The van der Waals surface area contributed by atoms with Crippen LogP contribution in [0.25, 0.3) is 10.8 Å². The Morgan fingerprint density at radius 2 is 1.27 bits per heavy atom. The van der Waals surface area contributed by atoms with E-state index >= 15 is 0 Å². The summed E-state index contributed by atoms with van der Waals surface area (Å²) >= 11 is 0. The zero-order valence-electron chi connectivity index (χ0n) is 12.4. The van der Waals surface area contributed by atoms with Crippen molar-refractivity contribution in [2.75, 3.05) is 0 Å². The summed E-state index contributed by atoms with van der Waals surface area (Å²) in [6.45, 7) is 0. The van der Waals surface area contributed by atoms with E-state index in [0.717, 1.165) is 6.07 Å². The van der Waals surface area contributed by atoms with Crippen LogP contribution in [-0.2, 0) is 4.79 Å². The van der Waals surface area contributed by atoms with E-state index in [9.17, 15) is 24.6 Å². The van der Waals surface area contributed by atoms with Gasteiger partial charge in [-0.05, 0) is 11.5 Å². The molecule has 0 fully saturated rings. The van der Waals surface area contributed by atoms with Gasteiger partial charge in [0.15, 0.2) is 0 Å². The van der Waals surface area contributed by atoms with E-state index in [4.69, 9.17) is 0 Å². The van der Waals surface area contributed by atoms with Crippen LogP contribution in [0.4, 0.5) is 0 Å². The summed E-state index contributed by atoms with van der Waals surface area (Å²) in [4.78, 5) is 32.2. The maximum absolute atomic E-state index is 10.8. The van der Waals surface area contributed by atoms with Crippen LogP contribution in [0, 0.1) is 0 Å². The molecule has 1 N–H and O–H groups in total. The van der Waals surface area contributed by atoms with E-state index in [1.54, 1.807) is 6.29 Å². The standard InChI is InChI=1S/C13H7O5.3Li.H2O/c14-6-7-1-2-8-4-10(12(15)16)11(13(17)18)5-9(8)3-7;;;;/h1-5H,(H,15,16)(H,17,18);;;;1H2/q-1;3*+1;/p-3. The Labute approximate surface area is 162 Å². The molecule has 9 heteroatoms. The first-order chi connectivity index (χ1) is 8.52. The van der Waals surface area contributed by atoms with Gasteiger partial charge in [-0.25, -0.2) is 0 Å². The molecule has 0 spiro atoms. The second-order valence-corrected chi connectivity index (χ2v) is 3.64. The van der Waals surface area contributed by atoms with Gasteiger partial charge in [0.1, 0.15) is 0 Å². The van der Waals surface area contributed by atoms with Crippen LogP contribution >= 0.6 is 0 Å². The molecule has 0 saturated carbocycles. The average molecular weight is 279 g/mol. The summed E-state index contributed by atoms with van der Waals surface area (Å²) in [6, 6.07) is 6.67. The first kappa shape index (κ1) is 26.0. The summed E-state index contributed by atoms with van der Waals surface area (Å²) in [5.41, 5.74) is -0.691. The number of hydrogen-bond acceptors (Lipinski definition) is 6. The molecule has 0 saturated heterocycles. The van der Waals surface area contributed by atoms with Crippen molar-refractivity contribution in [2.24, 2.45) is 0 Å². The zero-order chi connectivity index (χ0) is 13.3. The molecule has 98 valence electrons. The maximum Gasteiger partial charge on any atom is 1.00 e. The van der Waals surface area contributed by atoms with Crippen LogP contribution in [0.15, 0.2) is 30.3 Å². The average Bonchev–Trinajstić information content (AvgIpc) is 2.36. The molecule has 0 aliphatic heterocycles. The molecule has 0 aromatic heterocycles. The van der Waals surface area contributed by atoms with Crippen molar-refractivity contribution in [2.45, 2.75) is 0 Å². The molecular weight excluding hydrogens is 273 g/mol. The molecule has 6 nitrogen and oxygen atoms in total. The number of rotatable bonds is 3. The van der Waals surface area contributed by atoms with Crippen molar-refractivity contribution in [1.82, 2.24) is 0 Å². The molecule has 0 radical (unpaired) electrons. The Morgan fingerprint density at radius 3 is 1.68 bits per heavy atom. The molecule has 0 aliphatic rings. The molecule has 0 aliphatic carbocycles. The van der Waals surface area contributed by atoms with Crippen LogP contribution in [0.5, 0.6) is 0 Å². The number of benzene rings is 2. The van der Waals surface area contributed by atoms with Gasteiger partial charge in [0, 0.05) is 11.1 Å². The summed E-state index contributed by atoms with van der Waals surface area (Å²) in [6.07, 6.45) is 1.66. The summed E-state index contributed by atoms with van der Waals surface area (Å²) < 4.78 is 0. The Bertz CT molecular complexity index is 687. The van der Waals surface area contributed by atoms with Crippen LogP contribution in [0.3, 0.4) is 0 Å². The van der Waals surface area contributed by atoms with E-state index in [2.05, 4.69) is 0 Å². The molecule has 0 unspecified atom stereocenters. The third-order valence-corrected chi connectivity index (χ3v) is 2.53. The smallest absolute Gasteiger partial charge is 0.870 e. The minimum Gasteiger partial charge on any atom is -0.870 e. The fourth-order valence-corrected chi connectivity index (χ4v) is 1.70. The van der Waals surface area contributed by atoms with Crippen molar-refractivity contribution in [3.8, 4) is 0 Å². The fourth-order valence-electron chi connectivity index (χ4n) is 1.70. The number of fused-ring (bicyclic) bond motifs is 1. The Hall–Kier alpha value is -0.938. The van der Waals surface area contributed by atoms with Crippen molar-refractivity contribution in [1.29, 1.82) is 0 Å². The number of carbonyl (C=O) groups excluding carboxylic acids is 3. The number of carboxylic acids is 2. The van der Waals surface area contributed by atoms with Crippen LogP contribution in [-0.4, -0.2) is 23.7 Å². The summed E-state index contributed by atoms with van der Waals surface area (Å²) in [5, 5.41) is 22.6. The largest absolute Gasteiger partial charge is 1.00 e. The molecule has 0 heterocycles. The molecule has 0 bridgehead atoms. The summed E-state index contributed by atoms with van der Waals surface area (Å²) in [7, 11) is 0. The molecular formula is C13H6Li3O6-. The second kappa shape index (κ2) is 10.7. The van der Waals surface area contributed by atoms with Gasteiger partial charge >= 0.3 is 56.6 Å². The number of carbonyl (C=O) groups is 2. The quantitative estimate of drug-likeness (QED) is 0.405. The molecule has 2 aromatic carbocycles. The van der Waals surface area contributed by atoms with Crippen molar-refractivity contribution < 1.29 is 86.7 Å². The molecule has 22 heavy (non-hydrogen) atoms. The van der Waals surface area contributed by atoms with Crippen molar-refractivity contribution in [3.63, 3.8) is 0 Å². The normalized spacial score (nSPS) is 8.36. The molecule has 0 atom stereocenters. The van der Waals surface area contributed by atoms with E-state index < -0.39 is 23.1 Å². The van der Waals surface area contributed by atoms with E-state index in [0.29, 0.717) is 10.8 Å². The third-order valence-electron chi connectivity index (χ3n) is 2.53. The zero-order valence-corrected chi connectivity index (χ0v) is 12.4. The number of hydrogen-bond donors (Lipinski definition) is 0. The summed E-state index contributed by atoms with van der Waals surface area (Å²) in [5.74, 6) is -3.21. The van der Waals surface area contributed by atoms with Crippen LogP contribution in [0.1, 0.15) is 26.3 Å². The minimum atomic E-state index is -1.61. The predicted octanol–water partition coefficient (Wildman–Crippen LogP) is -10.1. The minimum absolute atomic E-state index is 0. The first-order valence-electron chi connectivity index (χ1n) is 4.91. The Morgan fingerprint density at radius 1 is 0.818 bits per heavy atom. The van der Waals surface area contributed by atoms with Gasteiger partial charge in [0.2, 0.25) is 0 Å². The maximum atomic E-state index is 10.8. The van der Waals surface area contributed by atoms with Gasteiger partial charge in [0.25, 0.3) is 0 Å². The van der Waals surface area contributed by atoms with Gasteiger partial charge in [-0.2, -0.15) is 17.7 Å². The second-order valence-electron chi connectivity index (χ2n) is 3.64. The van der Waals surface area contributed by atoms with Crippen molar-refractivity contribution >= 4 is 29.0 Å². The number of aromatic carboxylic acids is 2. The third kappa shape index (κ3) is 5.36. The fraction of sp³-hybridized carbons (Fsp3) is 0. The van der Waals surface area contributed by atoms with Crippen LogP contribution < -0.4 is 66.8 Å². The topological polar surface area (TPSA) is 127 Å². The predicted molar refractivity (Wildman–Crippen MR) is 59.3 cm³/mol. The van der Waals surface area contributed by atoms with Gasteiger partial charge < -0.3 is 30.1 Å². The molecule has 2 rings (SSSR count). The number of carboxylic acid groups (broad SMARTS) is 2. The monoisotopic (exact) mass is 279 g/mol. The van der Waals surface area contributed by atoms with E-state index in [1.807, 2.05) is 0 Å². The molecule has 2 aromatic rings. The van der Waals surface area contributed by atoms with E-state index in [1.165, 1.54) is 24.3 Å². The SMILES string of the molecule is O=[C-]c1ccc2cc(C(=O)[O-])c(C(=O)[O-])cc2c1.[Li+].[Li+].[Li+].[OH-]. The van der Waals surface area contributed by atoms with Gasteiger partial charge in [-0.1, -0.05) is 11.5 Å². The van der Waals surface area contributed by atoms with Crippen molar-refractivity contribution in [3.05, 3.63) is 47.0 Å². The Kier molecular flexibility index (Phi) is 12.7. The first-order valence-corrected chi connectivity index (χ1v) is 4.91. The van der Waals surface area contributed by atoms with Gasteiger partial charge in [-0.15, -0.1) is 6.07 Å². The van der Waals surface area contributed by atoms with Gasteiger partial charge in [0.05, 0.1) is 18.2 Å².